The van der Waals surface area contributed by atoms with E-state index in [0.717, 1.165) is 22.4 Å². The molecular formula is C30H36N2O4. The Balaban J connectivity index is 1.86. The van der Waals surface area contributed by atoms with Gasteiger partial charge in [-0.3, -0.25) is 9.59 Å². The van der Waals surface area contributed by atoms with Gasteiger partial charge in [0.15, 0.2) is 0 Å². The molecule has 1 N–H and O–H groups in total. The normalized spacial score (nSPS) is 11.5. The van der Waals surface area contributed by atoms with Crippen LogP contribution < -0.4 is 10.1 Å². The highest BCUT2D eigenvalue weighted by atomic mass is 16.5. The van der Waals surface area contributed by atoms with Crippen LogP contribution in [0, 0.1) is 0 Å². The lowest BCUT2D eigenvalue weighted by Crippen LogP contribution is -2.50. The molecule has 36 heavy (non-hydrogen) atoms. The van der Waals surface area contributed by atoms with Crippen molar-refractivity contribution in [2.75, 3.05) is 27.4 Å². The summed E-state index contributed by atoms with van der Waals surface area (Å²) in [6, 6.07) is 26.8. The Morgan fingerprint density at radius 3 is 2.08 bits per heavy atom. The zero-order valence-electron chi connectivity index (χ0n) is 21.2. The summed E-state index contributed by atoms with van der Waals surface area (Å²) in [5, 5.41) is 3.02. The van der Waals surface area contributed by atoms with Crippen molar-refractivity contribution < 1.29 is 19.1 Å². The van der Waals surface area contributed by atoms with Crippen LogP contribution in [0.5, 0.6) is 5.75 Å². The minimum atomic E-state index is -0.639. The van der Waals surface area contributed by atoms with Gasteiger partial charge in [-0.2, -0.15) is 0 Å². The number of benzene rings is 3. The Kier molecular flexibility index (Phi) is 11.0. The Hall–Kier alpha value is -3.64. The second-order valence-electron chi connectivity index (χ2n) is 8.70. The summed E-state index contributed by atoms with van der Waals surface area (Å²) >= 11 is 0. The van der Waals surface area contributed by atoms with Crippen molar-refractivity contribution in [2.45, 2.75) is 38.3 Å². The molecule has 6 heteroatoms. The Morgan fingerprint density at radius 2 is 1.47 bits per heavy atom. The molecule has 3 aromatic rings. The van der Waals surface area contributed by atoms with Crippen molar-refractivity contribution in [2.24, 2.45) is 0 Å². The molecule has 2 amide bonds. The average Bonchev–Trinajstić information content (AvgIpc) is 2.93. The molecule has 0 heterocycles. The molecule has 0 aromatic heterocycles. The van der Waals surface area contributed by atoms with E-state index < -0.39 is 6.04 Å². The molecule has 190 valence electrons. The predicted molar refractivity (Wildman–Crippen MR) is 142 cm³/mol. The Bertz CT molecular complexity index is 1060. The molecule has 3 rings (SSSR count). The SMILES string of the molecule is COCCCNC(=O)[C@@H](Cc1ccccc1)N(Cc1ccc(OC)cc1)C(=O)CCc1ccccc1. The van der Waals surface area contributed by atoms with Crippen LogP contribution in [-0.4, -0.2) is 50.1 Å². The van der Waals surface area contributed by atoms with Gasteiger partial charge in [0, 0.05) is 39.6 Å². The maximum Gasteiger partial charge on any atom is 0.243 e. The zero-order chi connectivity index (χ0) is 25.6. The topological polar surface area (TPSA) is 67.9 Å². The smallest absolute Gasteiger partial charge is 0.243 e. The third kappa shape index (κ3) is 8.54. The fourth-order valence-electron chi connectivity index (χ4n) is 4.07. The molecule has 1 atom stereocenters. The van der Waals surface area contributed by atoms with Gasteiger partial charge >= 0.3 is 0 Å². The van der Waals surface area contributed by atoms with E-state index in [1.54, 1.807) is 19.1 Å². The van der Waals surface area contributed by atoms with Crippen molar-refractivity contribution in [1.82, 2.24) is 10.2 Å². The molecule has 0 spiro atoms. The molecule has 0 aliphatic heterocycles. The molecule has 0 saturated heterocycles. The Labute approximate surface area is 214 Å². The zero-order valence-corrected chi connectivity index (χ0v) is 21.2. The van der Waals surface area contributed by atoms with E-state index in [0.29, 0.717) is 45.4 Å². The molecule has 3 aromatic carbocycles. The third-order valence-electron chi connectivity index (χ3n) is 6.08. The van der Waals surface area contributed by atoms with Gasteiger partial charge < -0.3 is 19.7 Å². The van der Waals surface area contributed by atoms with Crippen LogP contribution in [0.2, 0.25) is 0 Å². The lowest BCUT2D eigenvalue weighted by atomic mass is 10.0. The molecule has 0 fully saturated rings. The van der Waals surface area contributed by atoms with Gasteiger partial charge in [0.1, 0.15) is 11.8 Å². The number of carbonyl (C=O) groups is 2. The summed E-state index contributed by atoms with van der Waals surface area (Å²) in [5.74, 6) is 0.539. The highest BCUT2D eigenvalue weighted by Gasteiger charge is 2.30. The summed E-state index contributed by atoms with van der Waals surface area (Å²) in [7, 11) is 3.26. The van der Waals surface area contributed by atoms with Crippen LogP contribution in [0.15, 0.2) is 84.9 Å². The lowest BCUT2D eigenvalue weighted by molar-refractivity contribution is -0.141. The molecule has 6 nitrogen and oxygen atoms in total. The van der Waals surface area contributed by atoms with Crippen molar-refractivity contribution in [3.8, 4) is 5.75 Å². The number of methoxy groups -OCH3 is 2. The van der Waals surface area contributed by atoms with Crippen molar-refractivity contribution in [3.63, 3.8) is 0 Å². The summed E-state index contributed by atoms with van der Waals surface area (Å²) in [6.07, 6.45) is 2.08. The van der Waals surface area contributed by atoms with E-state index in [1.165, 1.54) is 0 Å². The minimum absolute atomic E-state index is 0.0531. The number of carbonyl (C=O) groups excluding carboxylic acids is 2. The minimum Gasteiger partial charge on any atom is -0.497 e. The number of rotatable bonds is 14. The Morgan fingerprint density at radius 1 is 0.833 bits per heavy atom. The lowest BCUT2D eigenvalue weighted by Gasteiger charge is -2.32. The van der Waals surface area contributed by atoms with Gasteiger partial charge in [0.25, 0.3) is 0 Å². The van der Waals surface area contributed by atoms with Crippen molar-refractivity contribution in [1.29, 1.82) is 0 Å². The van der Waals surface area contributed by atoms with E-state index in [1.807, 2.05) is 84.9 Å². The first-order valence-corrected chi connectivity index (χ1v) is 12.4. The summed E-state index contributed by atoms with van der Waals surface area (Å²) in [6.45, 7) is 1.39. The third-order valence-corrected chi connectivity index (χ3v) is 6.08. The molecule has 0 radical (unpaired) electrons. The van der Waals surface area contributed by atoms with Crippen LogP contribution >= 0.6 is 0 Å². The largest absolute Gasteiger partial charge is 0.497 e. The van der Waals surface area contributed by atoms with Crippen LogP contribution in [0.4, 0.5) is 0 Å². The van der Waals surface area contributed by atoms with E-state index in [-0.39, 0.29) is 11.8 Å². The number of nitrogens with one attached hydrogen (secondary N) is 1. The first-order valence-electron chi connectivity index (χ1n) is 12.4. The van der Waals surface area contributed by atoms with Gasteiger partial charge in [-0.15, -0.1) is 0 Å². The quantitative estimate of drug-likeness (QED) is 0.341. The van der Waals surface area contributed by atoms with Crippen LogP contribution in [0.3, 0.4) is 0 Å². The molecule has 0 saturated carbocycles. The molecule has 0 aliphatic rings. The molecule has 0 bridgehead atoms. The summed E-state index contributed by atoms with van der Waals surface area (Å²) in [5.41, 5.74) is 3.04. The second kappa shape index (κ2) is 14.7. The van der Waals surface area contributed by atoms with E-state index in [9.17, 15) is 9.59 Å². The van der Waals surface area contributed by atoms with Crippen LogP contribution in [-0.2, 0) is 33.7 Å². The van der Waals surface area contributed by atoms with Gasteiger partial charge in [-0.25, -0.2) is 0 Å². The fraction of sp³-hybridized carbons (Fsp3) is 0.333. The van der Waals surface area contributed by atoms with Gasteiger partial charge in [0.05, 0.1) is 7.11 Å². The van der Waals surface area contributed by atoms with Crippen molar-refractivity contribution >= 4 is 11.8 Å². The van der Waals surface area contributed by atoms with Gasteiger partial charge in [-0.1, -0.05) is 72.8 Å². The maximum absolute atomic E-state index is 13.7. The maximum atomic E-state index is 13.7. The molecule has 0 aliphatic carbocycles. The first kappa shape index (κ1) is 27.0. The second-order valence-corrected chi connectivity index (χ2v) is 8.70. The monoisotopic (exact) mass is 488 g/mol. The van der Waals surface area contributed by atoms with E-state index >= 15 is 0 Å². The van der Waals surface area contributed by atoms with Gasteiger partial charge in [-0.05, 0) is 41.7 Å². The van der Waals surface area contributed by atoms with Crippen molar-refractivity contribution in [3.05, 3.63) is 102 Å². The standard InChI is InChI=1S/C30H36N2O4/c1-35-21-9-20-31-30(34)28(22-25-12-7-4-8-13-25)32(23-26-14-17-27(36-2)18-15-26)29(33)19-16-24-10-5-3-6-11-24/h3-8,10-15,17-18,28H,9,16,19-23H2,1-2H3,(H,31,34)/t28-/m1/s1. The van der Waals surface area contributed by atoms with Crippen LogP contribution in [0.1, 0.15) is 29.5 Å². The van der Waals surface area contributed by atoms with Crippen LogP contribution in [0.25, 0.3) is 0 Å². The number of aryl methyl sites for hydroxylation is 1. The fourth-order valence-corrected chi connectivity index (χ4v) is 4.07. The summed E-state index contributed by atoms with van der Waals surface area (Å²) in [4.78, 5) is 28.8. The number of ether oxygens (including phenoxy) is 2. The number of nitrogens with zero attached hydrogens (tertiary/aromatic N) is 1. The number of amides is 2. The molecule has 0 unspecified atom stereocenters. The van der Waals surface area contributed by atoms with Gasteiger partial charge in [0.2, 0.25) is 11.8 Å². The first-order chi connectivity index (χ1) is 17.6. The predicted octanol–water partition coefficient (Wildman–Crippen LogP) is 4.42. The number of hydrogen-bond acceptors (Lipinski definition) is 4. The highest BCUT2D eigenvalue weighted by molar-refractivity contribution is 5.88. The number of hydrogen-bond donors (Lipinski definition) is 1. The average molecular weight is 489 g/mol. The summed E-state index contributed by atoms with van der Waals surface area (Å²) < 4.78 is 10.4. The van der Waals surface area contributed by atoms with E-state index in [2.05, 4.69) is 5.32 Å². The highest BCUT2D eigenvalue weighted by Crippen LogP contribution is 2.19. The van der Waals surface area contributed by atoms with E-state index in [4.69, 9.17) is 9.47 Å². The molecular weight excluding hydrogens is 452 g/mol.